The molecule has 1 heterocycles. The largest absolute Gasteiger partial charge is 0.355 e. The molecule has 4 aromatic rings. The molecule has 0 saturated carbocycles. The van der Waals surface area contributed by atoms with E-state index in [1.165, 1.54) is 6.07 Å². The summed E-state index contributed by atoms with van der Waals surface area (Å²) >= 11 is 18.6. The second kappa shape index (κ2) is 12.0. The molecule has 3 aromatic carbocycles. The third-order valence-electron chi connectivity index (χ3n) is 5.66. The number of benzene rings is 3. The Labute approximate surface area is 237 Å². The van der Waals surface area contributed by atoms with Crippen molar-refractivity contribution in [1.82, 2.24) is 15.4 Å². The van der Waals surface area contributed by atoms with E-state index in [1.54, 1.807) is 61.5 Å². The summed E-state index contributed by atoms with van der Waals surface area (Å²) in [5.41, 5.74) is 6.81. The fourth-order valence-electron chi connectivity index (χ4n) is 3.73. The molecule has 0 radical (unpaired) electrons. The maximum absolute atomic E-state index is 12.5. The number of anilines is 3. The van der Waals surface area contributed by atoms with Gasteiger partial charge in [0.25, 0.3) is 5.91 Å². The van der Waals surface area contributed by atoms with Crippen LogP contribution in [-0.4, -0.2) is 20.8 Å². The van der Waals surface area contributed by atoms with Crippen LogP contribution in [-0.2, 0) is 0 Å². The lowest BCUT2D eigenvalue weighted by atomic mass is 9.91. The lowest BCUT2D eigenvalue weighted by Crippen LogP contribution is -2.30. The van der Waals surface area contributed by atoms with E-state index in [0.29, 0.717) is 27.4 Å². The quantitative estimate of drug-likeness (QED) is 0.152. The number of aryl methyl sites for hydroxylation is 1. The van der Waals surface area contributed by atoms with Gasteiger partial charge in [-0.3, -0.25) is 25.8 Å². The number of amides is 1. The van der Waals surface area contributed by atoms with Crippen LogP contribution in [0.2, 0.25) is 15.1 Å². The first-order valence-electron chi connectivity index (χ1n) is 11.2. The van der Waals surface area contributed by atoms with Crippen LogP contribution in [0, 0.1) is 28.4 Å². The van der Waals surface area contributed by atoms with Gasteiger partial charge in [-0.2, -0.15) is 5.26 Å². The molecule has 1 aromatic heterocycles. The van der Waals surface area contributed by atoms with Gasteiger partial charge in [0.2, 0.25) is 11.6 Å². The van der Waals surface area contributed by atoms with Gasteiger partial charge in [0.05, 0.1) is 27.5 Å². The predicted molar refractivity (Wildman–Crippen MR) is 150 cm³/mol. The van der Waals surface area contributed by atoms with E-state index in [2.05, 4.69) is 32.2 Å². The molecule has 4 rings (SSSR count). The summed E-state index contributed by atoms with van der Waals surface area (Å²) in [5.74, 6) is -1.68. The van der Waals surface area contributed by atoms with Gasteiger partial charge in [0.1, 0.15) is 6.33 Å². The summed E-state index contributed by atoms with van der Waals surface area (Å²) in [6, 6.07) is 18.7. The van der Waals surface area contributed by atoms with Crippen molar-refractivity contribution in [3.05, 3.63) is 114 Å². The zero-order chi connectivity index (χ0) is 28.1. The maximum atomic E-state index is 12.5. The second-order valence-corrected chi connectivity index (χ2v) is 9.41. The Morgan fingerprint density at radius 1 is 1.03 bits per heavy atom. The summed E-state index contributed by atoms with van der Waals surface area (Å²) in [6.07, 6.45) is 1.09. The zero-order valence-corrected chi connectivity index (χ0v) is 22.3. The third kappa shape index (κ3) is 6.18. The van der Waals surface area contributed by atoms with E-state index < -0.39 is 22.4 Å². The monoisotopic (exact) mass is 581 g/mol. The Bertz CT molecular complexity index is 1610. The number of hydrazine groups is 1. The van der Waals surface area contributed by atoms with Gasteiger partial charge in [-0.05, 0) is 53.9 Å². The minimum absolute atomic E-state index is 0.147. The number of carbonyl (C=O) groups is 1. The van der Waals surface area contributed by atoms with Crippen molar-refractivity contribution in [1.29, 1.82) is 5.26 Å². The Balaban J connectivity index is 1.61. The van der Waals surface area contributed by atoms with Gasteiger partial charge < -0.3 is 5.32 Å². The highest BCUT2D eigenvalue weighted by Crippen LogP contribution is 2.37. The standard InChI is InChI=1S/C26H18Cl3N7O3/c1-14-10-18(19(12-30)15-6-8-16(27)9-7-15)21(29)11-22(14)33-24-23(36(38)39)25(32-13-31-24)34-35-26(37)17-4-2-3-5-20(17)28/h2-11,13,19H,1H3,(H,35,37)(H2,31,32,33,34). The Hall–Kier alpha value is -4.43. The number of carbonyl (C=O) groups excluding carboxylic acids is 1. The molecular weight excluding hydrogens is 565 g/mol. The number of hydrogen-bond acceptors (Lipinski definition) is 8. The lowest BCUT2D eigenvalue weighted by Gasteiger charge is -2.17. The Morgan fingerprint density at radius 3 is 2.38 bits per heavy atom. The van der Waals surface area contributed by atoms with E-state index in [4.69, 9.17) is 34.8 Å². The lowest BCUT2D eigenvalue weighted by molar-refractivity contribution is -0.383. The van der Waals surface area contributed by atoms with Gasteiger partial charge in [-0.1, -0.05) is 65.1 Å². The van der Waals surface area contributed by atoms with Crippen molar-refractivity contribution in [3.63, 3.8) is 0 Å². The third-order valence-corrected chi connectivity index (χ3v) is 6.57. The summed E-state index contributed by atoms with van der Waals surface area (Å²) in [7, 11) is 0. The number of halogens is 3. The maximum Gasteiger partial charge on any atom is 0.355 e. The van der Waals surface area contributed by atoms with Crippen LogP contribution in [0.5, 0.6) is 0 Å². The molecule has 39 heavy (non-hydrogen) atoms. The number of rotatable bonds is 8. The number of nitriles is 1. The molecule has 0 aliphatic rings. The van der Waals surface area contributed by atoms with Crippen LogP contribution < -0.4 is 16.2 Å². The Kier molecular flexibility index (Phi) is 8.46. The molecule has 10 nitrogen and oxygen atoms in total. The first kappa shape index (κ1) is 27.6. The van der Waals surface area contributed by atoms with Gasteiger partial charge in [-0.25, -0.2) is 9.97 Å². The van der Waals surface area contributed by atoms with Gasteiger partial charge in [0, 0.05) is 15.7 Å². The van der Waals surface area contributed by atoms with Gasteiger partial charge in [-0.15, -0.1) is 0 Å². The topological polar surface area (TPSA) is 146 Å². The smallest absolute Gasteiger partial charge is 0.334 e. The van der Waals surface area contributed by atoms with Crippen LogP contribution in [0.15, 0.2) is 67.0 Å². The fourth-order valence-corrected chi connectivity index (χ4v) is 4.35. The van der Waals surface area contributed by atoms with Crippen molar-refractivity contribution in [2.45, 2.75) is 12.8 Å². The minimum atomic E-state index is -0.691. The van der Waals surface area contributed by atoms with Crippen molar-refractivity contribution in [2.24, 2.45) is 0 Å². The molecule has 1 amide bonds. The Morgan fingerprint density at radius 2 is 1.72 bits per heavy atom. The number of nitrogens with one attached hydrogen (secondary N) is 3. The number of aromatic nitrogens is 2. The zero-order valence-electron chi connectivity index (χ0n) is 20.1. The summed E-state index contributed by atoms with van der Waals surface area (Å²) in [4.78, 5) is 31.6. The molecule has 0 bridgehead atoms. The average Bonchev–Trinajstić information content (AvgIpc) is 2.91. The molecule has 13 heteroatoms. The SMILES string of the molecule is Cc1cc(C(C#N)c2ccc(Cl)cc2)c(Cl)cc1Nc1ncnc(NNC(=O)c2ccccc2Cl)c1[N+](=O)[O-]. The van der Waals surface area contributed by atoms with Crippen molar-refractivity contribution in [3.8, 4) is 6.07 Å². The molecule has 0 saturated heterocycles. The van der Waals surface area contributed by atoms with Crippen LogP contribution >= 0.6 is 34.8 Å². The summed E-state index contributed by atoms with van der Waals surface area (Å²) < 4.78 is 0. The molecule has 0 fully saturated rings. The molecule has 0 aliphatic heterocycles. The highest BCUT2D eigenvalue weighted by atomic mass is 35.5. The van der Waals surface area contributed by atoms with Crippen LogP contribution in [0.1, 0.15) is 33.0 Å². The van der Waals surface area contributed by atoms with E-state index in [0.717, 1.165) is 6.33 Å². The average molecular weight is 583 g/mol. The van der Waals surface area contributed by atoms with Crippen LogP contribution in [0.4, 0.5) is 23.0 Å². The van der Waals surface area contributed by atoms with E-state index >= 15 is 0 Å². The molecular formula is C26H18Cl3N7O3. The van der Waals surface area contributed by atoms with Crippen LogP contribution in [0.25, 0.3) is 0 Å². The molecule has 3 N–H and O–H groups in total. The van der Waals surface area contributed by atoms with Gasteiger partial charge in [0.15, 0.2) is 0 Å². The minimum Gasteiger partial charge on any atom is -0.334 e. The molecule has 196 valence electrons. The fraction of sp³-hybridized carbons (Fsp3) is 0.0769. The first-order chi connectivity index (χ1) is 18.7. The number of nitro groups is 1. The van der Waals surface area contributed by atoms with E-state index in [9.17, 15) is 20.2 Å². The van der Waals surface area contributed by atoms with Gasteiger partial charge >= 0.3 is 5.69 Å². The van der Waals surface area contributed by atoms with Crippen molar-refractivity contribution >= 4 is 63.7 Å². The molecule has 0 spiro atoms. The molecule has 1 unspecified atom stereocenters. The van der Waals surface area contributed by atoms with Crippen LogP contribution in [0.3, 0.4) is 0 Å². The highest BCUT2D eigenvalue weighted by molar-refractivity contribution is 6.34. The van der Waals surface area contributed by atoms with E-state index in [1.807, 2.05) is 0 Å². The summed E-state index contributed by atoms with van der Waals surface area (Å²) in [6.45, 7) is 1.76. The van der Waals surface area contributed by atoms with Crippen molar-refractivity contribution < 1.29 is 9.72 Å². The second-order valence-electron chi connectivity index (χ2n) is 8.16. The van der Waals surface area contributed by atoms with E-state index in [-0.39, 0.29) is 27.2 Å². The molecule has 0 aliphatic carbocycles. The normalized spacial score (nSPS) is 11.3. The predicted octanol–water partition coefficient (Wildman–Crippen LogP) is 6.81. The van der Waals surface area contributed by atoms with Crippen molar-refractivity contribution in [2.75, 3.05) is 10.7 Å². The first-order valence-corrected chi connectivity index (χ1v) is 12.4. The number of nitrogens with zero attached hydrogens (tertiary/aromatic N) is 4. The summed E-state index contributed by atoms with van der Waals surface area (Å²) in [5, 5.41) is 25.7. The molecule has 1 atom stereocenters. The number of hydrogen-bond donors (Lipinski definition) is 3. The highest BCUT2D eigenvalue weighted by Gasteiger charge is 2.25.